The standard InChI is InChI=1S/C12H23N7O2S2/c1-2-7-16-23(20,21)19-10(13)6-4-3-5-9-8-22-12(17-9)18-11(14)15/h8,16H,2-7H2,1H3,(H2,13,19)(H4,14,15,17,18). The number of nitrogens with one attached hydrogen (secondary N) is 1. The summed E-state index contributed by atoms with van der Waals surface area (Å²) in [7, 11) is -3.68. The van der Waals surface area contributed by atoms with E-state index in [1.807, 2.05) is 12.3 Å². The zero-order chi connectivity index (χ0) is 17.3. The van der Waals surface area contributed by atoms with Crippen LogP contribution >= 0.6 is 11.3 Å². The first kappa shape index (κ1) is 19.3. The van der Waals surface area contributed by atoms with Crippen molar-refractivity contribution < 1.29 is 8.42 Å². The van der Waals surface area contributed by atoms with Gasteiger partial charge in [0.1, 0.15) is 5.84 Å². The molecule has 0 bridgehead atoms. The molecule has 0 fully saturated rings. The fraction of sp³-hybridized carbons (Fsp3) is 0.583. The lowest BCUT2D eigenvalue weighted by Crippen LogP contribution is -2.25. The van der Waals surface area contributed by atoms with Crippen LogP contribution in [0, 0.1) is 0 Å². The zero-order valence-electron chi connectivity index (χ0n) is 13.0. The second-order valence-corrected chi connectivity index (χ2v) is 7.08. The molecule has 9 nitrogen and oxygen atoms in total. The monoisotopic (exact) mass is 361 g/mol. The maximum atomic E-state index is 11.5. The van der Waals surface area contributed by atoms with Crippen LogP contribution in [0.15, 0.2) is 14.8 Å². The number of aliphatic imine (C=N–C) groups is 1. The number of nitrogens with zero attached hydrogens (tertiary/aromatic N) is 3. The Balaban J connectivity index is 2.36. The molecule has 1 aromatic rings. The minimum absolute atomic E-state index is 0.0206. The summed E-state index contributed by atoms with van der Waals surface area (Å²) in [6, 6.07) is 0. The van der Waals surface area contributed by atoms with Crippen molar-refractivity contribution in [3.63, 3.8) is 0 Å². The molecule has 1 aromatic heterocycles. The second kappa shape index (κ2) is 9.43. The van der Waals surface area contributed by atoms with E-state index in [0.717, 1.165) is 18.5 Å². The minimum atomic E-state index is -3.68. The molecule has 0 aliphatic rings. The van der Waals surface area contributed by atoms with Gasteiger partial charge in [0.2, 0.25) is 5.13 Å². The molecule has 7 N–H and O–H groups in total. The molecule has 0 atom stereocenters. The molecule has 23 heavy (non-hydrogen) atoms. The van der Waals surface area contributed by atoms with Gasteiger partial charge in [-0.15, -0.1) is 15.7 Å². The number of aromatic nitrogens is 1. The van der Waals surface area contributed by atoms with E-state index in [-0.39, 0.29) is 11.8 Å². The number of aryl methyl sites for hydroxylation is 1. The van der Waals surface area contributed by atoms with E-state index in [2.05, 4.69) is 19.1 Å². The molecule has 0 aromatic carbocycles. The van der Waals surface area contributed by atoms with Gasteiger partial charge in [0.25, 0.3) is 0 Å². The number of unbranched alkanes of at least 4 members (excludes halogenated alkanes) is 1. The molecule has 1 rings (SSSR count). The molecule has 0 radical (unpaired) electrons. The maximum absolute atomic E-state index is 11.5. The lowest BCUT2D eigenvalue weighted by Gasteiger charge is -2.03. The van der Waals surface area contributed by atoms with Gasteiger partial charge < -0.3 is 17.2 Å². The van der Waals surface area contributed by atoms with Crippen LogP contribution in [-0.4, -0.2) is 31.7 Å². The number of hydrogen-bond acceptors (Lipinski definition) is 5. The summed E-state index contributed by atoms with van der Waals surface area (Å²) in [5.74, 6) is 0.0841. The number of hydrogen-bond donors (Lipinski definition) is 4. The van der Waals surface area contributed by atoms with Crippen LogP contribution in [0.1, 0.15) is 38.3 Å². The Kier molecular flexibility index (Phi) is 7.92. The summed E-state index contributed by atoms with van der Waals surface area (Å²) in [6.45, 7) is 2.22. The molecule has 130 valence electrons. The molecule has 0 aliphatic heterocycles. The van der Waals surface area contributed by atoms with Crippen molar-refractivity contribution in [2.45, 2.75) is 39.0 Å². The first-order valence-corrected chi connectivity index (χ1v) is 9.52. The van der Waals surface area contributed by atoms with Gasteiger partial charge in [-0.05, 0) is 25.7 Å². The van der Waals surface area contributed by atoms with Gasteiger partial charge >= 0.3 is 10.2 Å². The molecule has 0 spiro atoms. The molecule has 0 saturated heterocycles. The number of guanidine groups is 1. The fourth-order valence-electron chi connectivity index (χ4n) is 1.65. The highest BCUT2D eigenvalue weighted by Crippen LogP contribution is 2.19. The van der Waals surface area contributed by atoms with Crippen molar-refractivity contribution in [2.75, 3.05) is 6.54 Å². The van der Waals surface area contributed by atoms with Crippen LogP contribution in [0.3, 0.4) is 0 Å². The quantitative estimate of drug-likeness (QED) is 0.267. The minimum Gasteiger partial charge on any atom is -0.386 e. The summed E-state index contributed by atoms with van der Waals surface area (Å²) < 4.78 is 28.9. The molecule has 11 heteroatoms. The van der Waals surface area contributed by atoms with Crippen molar-refractivity contribution >= 4 is 38.5 Å². The molecule has 0 saturated carbocycles. The topological polar surface area (TPSA) is 162 Å². The van der Waals surface area contributed by atoms with Gasteiger partial charge in [-0.1, -0.05) is 6.92 Å². The normalized spacial score (nSPS) is 12.3. The predicted octanol–water partition coefficient (Wildman–Crippen LogP) is 0.362. The largest absolute Gasteiger partial charge is 0.386 e. The van der Waals surface area contributed by atoms with E-state index in [1.54, 1.807) is 0 Å². The summed E-state index contributed by atoms with van der Waals surface area (Å²) in [4.78, 5) is 8.13. The number of thiazole rings is 1. The average molecular weight is 361 g/mol. The Morgan fingerprint density at radius 3 is 2.74 bits per heavy atom. The third-order valence-corrected chi connectivity index (χ3v) is 4.48. The third kappa shape index (κ3) is 8.47. The Bertz CT molecular complexity index is 648. The highest BCUT2D eigenvalue weighted by Gasteiger charge is 2.07. The fourth-order valence-corrected chi connectivity index (χ4v) is 3.32. The molecular formula is C12H23N7O2S2. The molecule has 0 aliphatic carbocycles. The van der Waals surface area contributed by atoms with E-state index in [9.17, 15) is 8.42 Å². The maximum Gasteiger partial charge on any atom is 0.321 e. The van der Waals surface area contributed by atoms with Gasteiger partial charge in [0.15, 0.2) is 5.96 Å². The van der Waals surface area contributed by atoms with Crippen molar-refractivity contribution in [3.05, 3.63) is 11.1 Å². The van der Waals surface area contributed by atoms with E-state index in [1.165, 1.54) is 11.3 Å². The van der Waals surface area contributed by atoms with E-state index < -0.39 is 10.2 Å². The Morgan fingerprint density at radius 1 is 1.35 bits per heavy atom. The zero-order valence-corrected chi connectivity index (χ0v) is 14.7. The van der Waals surface area contributed by atoms with Gasteiger partial charge in [0.05, 0.1) is 5.69 Å². The van der Waals surface area contributed by atoms with Gasteiger partial charge in [-0.25, -0.2) is 4.98 Å². The number of amidine groups is 1. The average Bonchev–Trinajstić information content (AvgIpc) is 2.87. The van der Waals surface area contributed by atoms with Crippen LogP contribution in [0.2, 0.25) is 0 Å². The van der Waals surface area contributed by atoms with Crippen LogP contribution in [0.5, 0.6) is 0 Å². The molecule has 0 amide bonds. The van der Waals surface area contributed by atoms with Crippen molar-refractivity contribution in [3.8, 4) is 0 Å². The number of nitrogens with two attached hydrogens (primary N) is 3. The number of rotatable bonds is 10. The molecular weight excluding hydrogens is 338 g/mol. The highest BCUT2D eigenvalue weighted by molar-refractivity contribution is 7.88. The summed E-state index contributed by atoms with van der Waals surface area (Å²) in [5.41, 5.74) is 17.1. The van der Waals surface area contributed by atoms with E-state index in [0.29, 0.717) is 30.9 Å². The van der Waals surface area contributed by atoms with E-state index >= 15 is 0 Å². The lowest BCUT2D eigenvalue weighted by molar-refractivity contribution is 0.582. The Labute approximate surface area is 140 Å². The lowest BCUT2D eigenvalue weighted by atomic mass is 10.1. The predicted molar refractivity (Wildman–Crippen MR) is 94.0 cm³/mol. The first-order chi connectivity index (χ1) is 10.8. The van der Waals surface area contributed by atoms with Crippen LogP contribution in [0.4, 0.5) is 5.13 Å². The van der Waals surface area contributed by atoms with E-state index in [4.69, 9.17) is 17.2 Å². The smallest absolute Gasteiger partial charge is 0.321 e. The van der Waals surface area contributed by atoms with Gasteiger partial charge in [-0.3, -0.25) is 0 Å². The SMILES string of the molecule is CCCNS(=O)(=O)N=C(N)CCCCc1csc(N=C(N)N)n1. The van der Waals surface area contributed by atoms with Crippen molar-refractivity contribution in [1.82, 2.24) is 9.71 Å². The summed E-state index contributed by atoms with van der Waals surface area (Å²) >= 11 is 1.36. The Morgan fingerprint density at radius 2 is 2.09 bits per heavy atom. The molecule has 0 unspecified atom stereocenters. The van der Waals surface area contributed by atoms with Crippen molar-refractivity contribution in [1.29, 1.82) is 0 Å². The third-order valence-electron chi connectivity index (χ3n) is 2.65. The molecule has 1 heterocycles. The van der Waals surface area contributed by atoms with Crippen LogP contribution < -0.4 is 21.9 Å². The van der Waals surface area contributed by atoms with Crippen LogP contribution in [-0.2, 0) is 16.6 Å². The Hall–Kier alpha value is -1.72. The van der Waals surface area contributed by atoms with Crippen molar-refractivity contribution in [2.24, 2.45) is 26.6 Å². The second-order valence-electron chi connectivity index (χ2n) is 4.82. The summed E-state index contributed by atoms with van der Waals surface area (Å²) in [6.07, 6.45) is 3.38. The summed E-state index contributed by atoms with van der Waals surface area (Å²) in [5, 5.41) is 2.41. The van der Waals surface area contributed by atoms with Gasteiger partial charge in [0, 0.05) is 18.3 Å². The van der Waals surface area contributed by atoms with Gasteiger partial charge in [-0.2, -0.15) is 18.1 Å². The van der Waals surface area contributed by atoms with Crippen LogP contribution in [0.25, 0.3) is 0 Å². The highest BCUT2D eigenvalue weighted by atomic mass is 32.2. The first-order valence-electron chi connectivity index (χ1n) is 7.20.